The molecule has 0 aliphatic carbocycles. The molecule has 30 heavy (non-hydrogen) atoms. The zero-order chi connectivity index (χ0) is 21.3. The van der Waals surface area contributed by atoms with Crippen LogP contribution in [0, 0.1) is 0 Å². The molecule has 0 aliphatic heterocycles. The number of sulfone groups is 1. The van der Waals surface area contributed by atoms with Crippen molar-refractivity contribution >= 4 is 21.6 Å². The summed E-state index contributed by atoms with van der Waals surface area (Å²) in [6.45, 7) is 2.12. The van der Waals surface area contributed by atoms with E-state index in [4.69, 9.17) is 4.52 Å². The highest BCUT2D eigenvalue weighted by molar-refractivity contribution is 7.99. The lowest BCUT2D eigenvalue weighted by atomic mass is 10.1. The smallest absolute Gasteiger partial charge is 0.191 e. The predicted molar refractivity (Wildman–Crippen MR) is 116 cm³/mol. The van der Waals surface area contributed by atoms with Crippen LogP contribution in [0.1, 0.15) is 17.7 Å². The highest BCUT2D eigenvalue weighted by atomic mass is 32.2. The number of aromatic nitrogens is 4. The van der Waals surface area contributed by atoms with Crippen LogP contribution in [0.15, 0.2) is 75.5 Å². The second-order valence-electron chi connectivity index (χ2n) is 6.98. The first-order valence-electron chi connectivity index (χ1n) is 9.19. The van der Waals surface area contributed by atoms with Crippen LogP contribution in [0.2, 0.25) is 0 Å². The summed E-state index contributed by atoms with van der Waals surface area (Å²) in [5.74, 6) is 0.648. The Morgan fingerprint density at radius 1 is 1.07 bits per heavy atom. The average Bonchev–Trinajstić information content (AvgIpc) is 3.37. The number of hydrogen-bond acceptors (Lipinski definition) is 7. The molecule has 0 unspecified atom stereocenters. The van der Waals surface area contributed by atoms with Gasteiger partial charge in [0.05, 0.1) is 4.90 Å². The van der Waals surface area contributed by atoms with E-state index in [1.165, 1.54) is 6.26 Å². The second-order valence-corrected chi connectivity index (χ2v) is 10.3. The predicted octanol–water partition coefficient (Wildman–Crippen LogP) is 4.39. The molecule has 7 nitrogen and oxygen atoms in total. The van der Waals surface area contributed by atoms with Gasteiger partial charge in [0.25, 0.3) is 0 Å². The van der Waals surface area contributed by atoms with Crippen LogP contribution in [-0.2, 0) is 16.9 Å². The van der Waals surface area contributed by atoms with Crippen LogP contribution < -0.4 is 0 Å². The Morgan fingerprint density at radius 2 is 1.83 bits per heavy atom. The Labute approximate surface area is 179 Å². The van der Waals surface area contributed by atoms with Gasteiger partial charge in [0.15, 0.2) is 20.8 Å². The molecule has 9 heteroatoms. The minimum absolute atomic E-state index is 0.179. The first-order valence-corrected chi connectivity index (χ1v) is 12.0. The topological polar surface area (TPSA) is 90.9 Å². The van der Waals surface area contributed by atoms with Crippen molar-refractivity contribution in [1.82, 2.24) is 19.9 Å². The summed E-state index contributed by atoms with van der Waals surface area (Å²) >= 11 is 1.63. The number of aryl methyl sites for hydroxylation is 1. The quantitative estimate of drug-likeness (QED) is 0.411. The molecule has 0 saturated carbocycles. The molecule has 0 N–H and O–H groups in total. The molecule has 0 spiro atoms. The van der Waals surface area contributed by atoms with Crippen LogP contribution in [0.5, 0.6) is 0 Å². The van der Waals surface area contributed by atoms with Crippen molar-refractivity contribution in [3.05, 3.63) is 66.5 Å². The lowest BCUT2D eigenvalue weighted by molar-refractivity contribution is 0.435. The zero-order valence-electron chi connectivity index (χ0n) is 16.7. The molecule has 2 aromatic heterocycles. The summed E-state index contributed by atoms with van der Waals surface area (Å²) in [6.07, 6.45) is 2.87. The maximum Gasteiger partial charge on any atom is 0.191 e. The Morgan fingerprint density at radius 3 is 2.50 bits per heavy atom. The zero-order valence-corrected chi connectivity index (χ0v) is 18.3. The number of thioether (sulfide) groups is 1. The Hall–Kier alpha value is -2.91. The molecular weight excluding hydrogens is 420 g/mol. The third-order valence-electron chi connectivity index (χ3n) is 4.68. The normalized spacial score (nSPS) is 12.8. The van der Waals surface area contributed by atoms with E-state index in [9.17, 15) is 8.42 Å². The second kappa shape index (κ2) is 8.08. The fraction of sp³-hybridized carbons (Fsp3) is 0.190. The van der Waals surface area contributed by atoms with Gasteiger partial charge in [0, 0.05) is 35.7 Å². The van der Waals surface area contributed by atoms with Crippen molar-refractivity contribution < 1.29 is 12.9 Å². The van der Waals surface area contributed by atoms with E-state index in [0.717, 1.165) is 21.8 Å². The molecule has 0 fully saturated rings. The molecule has 4 aromatic rings. The largest absolute Gasteiger partial charge is 0.356 e. The molecule has 2 heterocycles. The highest BCUT2D eigenvalue weighted by Crippen LogP contribution is 2.35. The van der Waals surface area contributed by atoms with E-state index in [1.807, 2.05) is 29.8 Å². The third kappa shape index (κ3) is 4.31. The molecule has 2 aromatic carbocycles. The van der Waals surface area contributed by atoms with Crippen LogP contribution >= 0.6 is 11.8 Å². The Kier molecular flexibility index (Phi) is 5.48. The van der Waals surface area contributed by atoms with Gasteiger partial charge in [0.2, 0.25) is 0 Å². The molecule has 154 valence electrons. The molecule has 0 saturated heterocycles. The minimum atomic E-state index is -3.23. The molecule has 0 aliphatic rings. The highest BCUT2D eigenvalue weighted by Gasteiger charge is 2.15. The van der Waals surface area contributed by atoms with E-state index in [0.29, 0.717) is 11.5 Å². The van der Waals surface area contributed by atoms with Crippen molar-refractivity contribution in [2.24, 2.45) is 7.05 Å². The lowest BCUT2D eigenvalue weighted by Gasteiger charge is -2.11. The van der Waals surface area contributed by atoms with Crippen LogP contribution in [0.4, 0.5) is 0 Å². The number of hydrogen-bond donors (Lipinski definition) is 0. The summed E-state index contributed by atoms with van der Waals surface area (Å²) in [7, 11) is -1.31. The molecule has 1 atom stereocenters. The molecule has 0 radical (unpaired) electrons. The van der Waals surface area contributed by atoms with Gasteiger partial charge < -0.3 is 9.09 Å². The van der Waals surface area contributed by atoms with E-state index < -0.39 is 9.84 Å². The lowest BCUT2D eigenvalue weighted by Crippen LogP contribution is -1.96. The summed E-state index contributed by atoms with van der Waals surface area (Å²) < 4.78 is 30.7. The van der Waals surface area contributed by atoms with Gasteiger partial charge in [-0.05, 0) is 30.7 Å². The van der Waals surface area contributed by atoms with Crippen molar-refractivity contribution in [3.63, 3.8) is 0 Å². The van der Waals surface area contributed by atoms with Crippen LogP contribution in [0.3, 0.4) is 0 Å². The van der Waals surface area contributed by atoms with Gasteiger partial charge in [-0.2, -0.15) is 0 Å². The molecule has 0 bridgehead atoms. The van der Waals surface area contributed by atoms with Crippen LogP contribution in [-0.4, -0.2) is 34.6 Å². The molecule has 4 rings (SSSR count). The van der Waals surface area contributed by atoms with Gasteiger partial charge >= 0.3 is 0 Å². The average molecular weight is 441 g/mol. The molecular formula is C21H20N4O3S2. The van der Waals surface area contributed by atoms with E-state index in [-0.39, 0.29) is 10.1 Å². The van der Waals surface area contributed by atoms with Gasteiger partial charge in [-0.15, -0.1) is 10.2 Å². The molecule has 0 amide bonds. The summed E-state index contributed by atoms with van der Waals surface area (Å²) in [4.78, 5) is 0.275. The number of benzene rings is 2. The van der Waals surface area contributed by atoms with Crippen molar-refractivity contribution in [2.75, 3.05) is 6.26 Å². The Bertz CT molecular complexity index is 1280. The summed E-state index contributed by atoms with van der Waals surface area (Å²) in [5.41, 5.74) is 3.50. The van der Waals surface area contributed by atoms with E-state index >= 15 is 0 Å². The summed E-state index contributed by atoms with van der Waals surface area (Å²) in [6, 6.07) is 16.6. The summed E-state index contributed by atoms with van der Waals surface area (Å²) in [5, 5.41) is 13.2. The van der Waals surface area contributed by atoms with Crippen molar-refractivity contribution in [2.45, 2.75) is 22.2 Å². The van der Waals surface area contributed by atoms with E-state index in [1.54, 1.807) is 42.4 Å². The van der Waals surface area contributed by atoms with Gasteiger partial charge in [-0.1, -0.05) is 47.3 Å². The van der Waals surface area contributed by atoms with E-state index in [2.05, 4.69) is 34.4 Å². The maximum atomic E-state index is 11.6. The first kappa shape index (κ1) is 20.4. The van der Waals surface area contributed by atoms with Crippen molar-refractivity contribution in [3.8, 4) is 22.6 Å². The fourth-order valence-electron chi connectivity index (χ4n) is 2.97. The Balaban J connectivity index is 1.56. The minimum Gasteiger partial charge on any atom is -0.356 e. The SMILES string of the molecule is C[C@H](Sc1nncn1C)c1cccc(-c2cc(-c3ccc(S(C)(=O)=O)cc3)no2)c1. The number of nitrogens with zero attached hydrogens (tertiary/aromatic N) is 4. The monoisotopic (exact) mass is 440 g/mol. The third-order valence-corrected chi connectivity index (χ3v) is 7.02. The maximum absolute atomic E-state index is 11.6. The van der Waals surface area contributed by atoms with Gasteiger partial charge in [-0.25, -0.2) is 8.42 Å². The van der Waals surface area contributed by atoms with Crippen LogP contribution in [0.25, 0.3) is 22.6 Å². The van der Waals surface area contributed by atoms with Gasteiger partial charge in [0.1, 0.15) is 12.0 Å². The van der Waals surface area contributed by atoms with Gasteiger partial charge in [-0.3, -0.25) is 0 Å². The fourth-order valence-corrected chi connectivity index (χ4v) is 4.51. The first-order chi connectivity index (χ1) is 14.3. The number of rotatable bonds is 6. The van der Waals surface area contributed by atoms with Crippen molar-refractivity contribution in [1.29, 1.82) is 0 Å². The standard InChI is InChI=1S/C21H20N4O3S2/c1-14(29-21-23-22-13-25(21)2)16-5-4-6-17(11-16)20-12-19(24-28-20)15-7-9-18(10-8-15)30(3,26)27/h4-14H,1-3H3/t14-/m0/s1.